The third kappa shape index (κ3) is 2.81. The molecule has 0 radical (unpaired) electrons. The van der Waals surface area contributed by atoms with Crippen LogP contribution in [0, 0.1) is 6.92 Å². The fraction of sp³-hybridized carbons (Fsp3) is 0.111. The summed E-state index contributed by atoms with van der Waals surface area (Å²) in [6.45, 7) is 3.87. The normalized spacial score (nSPS) is 16.3. The molecule has 0 aliphatic carbocycles. The highest BCUT2D eigenvalue weighted by atomic mass is 35.5. The molecular weight excluding hydrogens is 296 g/mol. The smallest absolute Gasteiger partial charge is 0.267 e. The van der Waals surface area contributed by atoms with Crippen molar-refractivity contribution >= 4 is 35.0 Å². The number of anilines is 1. The van der Waals surface area contributed by atoms with Crippen LogP contribution in [0.2, 0.25) is 5.02 Å². The first-order valence-electron chi connectivity index (χ1n) is 6.98. The Morgan fingerprint density at radius 2 is 1.82 bits per heavy atom. The first-order chi connectivity index (χ1) is 10.5. The summed E-state index contributed by atoms with van der Waals surface area (Å²) in [7, 11) is 0. The number of hydrazone groups is 1. The van der Waals surface area contributed by atoms with E-state index in [-0.39, 0.29) is 5.91 Å². The summed E-state index contributed by atoms with van der Waals surface area (Å²) in [5, 5.41) is 6.32. The Kier molecular flexibility index (Phi) is 3.82. The van der Waals surface area contributed by atoms with Crippen molar-refractivity contribution in [2.75, 3.05) is 5.01 Å². The van der Waals surface area contributed by atoms with Gasteiger partial charge >= 0.3 is 0 Å². The third-order valence-corrected chi connectivity index (χ3v) is 3.74. The molecule has 1 heterocycles. The Balaban J connectivity index is 1.94. The van der Waals surface area contributed by atoms with Crippen LogP contribution in [0.15, 0.2) is 59.2 Å². The van der Waals surface area contributed by atoms with Crippen LogP contribution in [0.1, 0.15) is 18.1 Å². The number of hydrogen-bond donors (Lipinski definition) is 0. The van der Waals surface area contributed by atoms with Crippen LogP contribution in [-0.4, -0.2) is 11.6 Å². The highest BCUT2D eigenvalue weighted by Crippen LogP contribution is 2.26. The zero-order valence-electron chi connectivity index (χ0n) is 12.4. The average Bonchev–Trinajstić information content (AvgIpc) is 2.77. The van der Waals surface area contributed by atoms with Crippen LogP contribution in [-0.2, 0) is 4.79 Å². The fourth-order valence-corrected chi connectivity index (χ4v) is 2.48. The molecule has 4 heteroatoms. The van der Waals surface area contributed by atoms with Crippen LogP contribution >= 0.6 is 11.6 Å². The molecule has 0 saturated heterocycles. The van der Waals surface area contributed by atoms with Gasteiger partial charge in [-0.25, -0.2) is 0 Å². The van der Waals surface area contributed by atoms with E-state index in [9.17, 15) is 4.79 Å². The summed E-state index contributed by atoms with van der Waals surface area (Å²) >= 11 is 5.99. The van der Waals surface area contributed by atoms with E-state index in [0.717, 1.165) is 5.56 Å². The lowest BCUT2D eigenvalue weighted by Crippen LogP contribution is -2.21. The van der Waals surface area contributed by atoms with Gasteiger partial charge in [0.2, 0.25) is 0 Å². The number of hydrogen-bond acceptors (Lipinski definition) is 2. The van der Waals surface area contributed by atoms with E-state index in [2.05, 4.69) is 5.10 Å². The molecule has 1 amide bonds. The Hall–Kier alpha value is -2.39. The van der Waals surface area contributed by atoms with E-state index in [0.29, 0.717) is 22.0 Å². The van der Waals surface area contributed by atoms with Gasteiger partial charge in [-0.3, -0.25) is 4.79 Å². The zero-order chi connectivity index (χ0) is 15.7. The van der Waals surface area contributed by atoms with E-state index in [4.69, 9.17) is 11.6 Å². The predicted molar refractivity (Wildman–Crippen MR) is 91.2 cm³/mol. The van der Waals surface area contributed by atoms with Crippen LogP contribution < -0.4 is 5.01 Å². The summed E-state index contributed by atoms with van der Waals surface area (Å²) < 4.78 is 0. The van der Waals surface area contributed by atoms with Gasteiger partial charge in [0, 0.05) is 5.02 Å². The number of carbonyl (C=O) groups is 1. The minimum Gasteiger partial charge on any atom is -0.267 e. The SMILES string of the molecule is CC1=NN(c2cccc(Cl)c2)C(=O)/C1=C\c1ccc(C)cc1. The minimum absolute atomic E-state index is 0.139. The van der Waals surface area contributed by atoms with Crippen molar-refractivity contribution in [3.8, 4) is 0 Å². The standard InChI is InChI=1S/C18H15ClN2O/c1-12-6-8-14(9-7-12)10-17-13(2)20-21(18(17)22)16-5-3-4-15(19)11-16/h3-11H,1-2H3/b17-10-. The first kappa shape index (κ1) is 14.5. The van der Waals surface area contributed by atoms with Gasteiger partial charge in [0.25, 0.3) is 5.91 Å². The molecule has 2 aromatic rings. The molecule has 0 aromatic heterocycles. The molecule has 3 rings (SSSR count). The fourth-order valence-electron chi connectivity index (χ4n) is 2.30. The lowest BCUT2D eigenvalue weighted by atomic mass is 10.1. The lowest BCUT2D eigenvalue weighted by molar-refractivity contribution is -0.114. The Labute approximate surface area is 134 Å². The molecule has 1 aliphatic rings. The van der Waals surface area contributed by atoms with E-state index in [1.54, 1.807) is 18.2 Å². The molecule has 0 spiro atoms. The second kappa shape index (κ2) is 5.78. The maximum Gasteiger partial charge on any atom is 0.280 e. The van der Waals surface area contributed by atoms with Crippen LogP contribution in [0.3, 0.4) is 0 Å². The quantitative estimate of drug-likeness (QED) is 0.754. The van der Waals surface area contributed by atoms with Crippen molar-refractivity contribution in [2.45, 2.75) is 13.8 Å². The van der Waals surface area contributed by atoms with Crippen molar-refractivity contribution in [1.29, 1.82) is 0 Å². The highest BCUT2D eigenvalue weighted by Gasteiger charge is 2.28. The lowest BCUT2D eigenvalue weighted by Gasteiger charge is -2.11. The number of nitrogens with zero attached hydrogens (tertiary/aromatic N) is 2. The summed E-state index contributed by atoms with van der Waals surface area (Å²) in [4.78, 5) is 12.6. The van der Waals surface area contributed by atoms with Gasteiger partial charge < -0.3 is 0 Å². The second-order valence-electron chi connectivity index (χ2n) is 5.25. The summed E-state index contributed by atoms with van der Waals surface area (Å²) in [6, 6.07) is 15.1. The average molecular weight is 311 g/mol. The number of amides is 1. The van der Waals surface area contributed by atoms with Crippen LogP contribution in [0.25, 0.3) is 6.08 Å². The minimum atomic E-state index is -0.139. The molecule has 0 unspecified atom stereocenters. The zero-order valence-corrected chi connectivity index (χ0v) is 13.1. The number of benzene rings is 2. The van der Waals surface area contributed by atoms with Crippen LogP contribution in [0.4, 0.5) is 5.69 Å². The van der Waals surface area contributed by atoms with E-state index in [1.165, 1.54) is 10.6 Å². The number of carbonyl (C=O) groups excluding carboxylic acids is 1. The van der Waals surface area contributed by atoms with Gasteiger partial charge in [-0.1, -0.05) is 47.5 Å². The van der Waals surface area contributed by atoms with E-state index < -0.39 is 0 Å². The molecular formula is C18H15ClN2O. The third-order valence-electron chi connectivity index (χ3n) is 3.50. The molecule has 3 nitrogen and oxygen atoms in total. The highest BCUT2D eigenvalue weighted by molar-refractivity contribution is 6.33. The van der Waals surface area contributed by atoms with Gasteiger partial charge in [0.1, 0.15) is 0 Å². The molecule has 0 bridgehead atoms. The summed E-state index contributed by atoms with van der Waals surface area (Å²) in [5.41, 5.74) is 4.14. The monoisotopic (exact) mass is 310 g/mol. The van der Waals surface area contributed by atoms with Crippen molar-refractivity contribution in [2.24, 2.45) is 5.10 Å². The summed E-state index contributed by atoms with van der Waals surface area (Å²) in [6.07, 6.45) is 1.87. The van der Waals surface area contributed by atoms with Crippen molar-refractivity contribution < 1.29 is 4.79 Å². The van der Waals surface area contributed by atoms with Crippen molar-refractivity contribution in [1.82, 2.24) is 0 Å². The molecule has 2 aromatic carbocycles. The largest absolute Gasteiger partial charge is 0.280 e. The molecule has 110 valence electrons. The Morgan fingerprint density at radius 3 is 2.50 bits per heavy atom. The first-order valence-corrected chi connectivity index (χ1v) is 7.36. The Bertz CT molecular complexity index is 791. The number of rotatable bonds is 2. The van der Waals surface area contributed by atoms with Gasteiger partial charge in [-0.15, -0.1) is 0 Å². The maximum absolute atomic E-state index is 12.6. The topological polar surface area (TPSA) is 32.7 Å². The molecule has 0 N–H and O–H groups in total. The van der Waals surface area contributed by atoms with E-state index in [1.807, 2.05) is 50.3 Å². The second-order valence-corrected chi connectivity index (χ2v) is 5.69. The number of aryl methyl sites for hydroxylation is 1. The molecule has 0 atom stereocenters. The van der Waals surface area contributed by atoms with E-state index >= 15 is 0 Å². The predicted octanol–water partition coefficient (Wildman–Crippen LogP) is 4.45. The Morgan fingerprint density at radius 1 is 1.09 bits per heavy atom. The van der Waals surface area contributed by atoms with Crippen molar-refractivity contribution in [3.63, 3.8) is 0 Å². The van der Waals surface area contributed by atoms with Gasteiger partial charge in [-0.05, 0) is 43.7 Å². The summed E-state index contributed by atoms with van der Waals surface area (Å²) in [5.74, 6) is -0.139. The van der Waals surface area contributed by atoms with Crippen molar-refractivity contribution in [3.05, 3.63) is 70.3 Å². The van der Waals surface area contributed by atoms with Crippen LogP contribution in [0.5, 0.6) is 0 Å². The maximum atomic E-state index is 12.6. The number of halogens is 1. The van der Waals surface area contributed by atoms with Gasteiger partial charge in [0.05, 0.1) is 17.0 Å². The molecule has 1 aliphatic heterocycles. The van der Waals surface area contributed by atoms with Gasteiger partial charge in [-0.2, -0.15) is 10.1 Å². The molecule has 0 saturated carbocycles. The molecule has 22 heavy (non-hydrogen) atoms. The van der Waals surface area contributed by atoms with Gasteiger partial charge in [0.15, 0.2) is 0 Å². The molecule has 0 fully saturated rings.